The third kappa shape index (κ3) is 3.32. The van der Waals surface area contributed by atoms with E-state index in [4.69, 9.17) is 0 Å². The first-order valence-corrected chi connectivity index (χ1v) is 8.60. The van der Waals surface area contributed by atoms with Gasteiger partial charge in [-0.05, 0) is 54.6 Å². The van der Waals surface area contributed by atoms with E-state index in [0.717, 1.165) is 32.6 Å². The number of nitrogens with zero attached hydrogens (tertiary/aromatic N) is 1. The van der Waals surface area contributed by atoms with Gasteiger partial charge in [0.05, 0.1) is 11.0 Å². The standard InChI is InChI=1S/C20H14BrN3O/c21-15-5-3-4-14(12-15)20(25)22-16-10-8-13(9-11-16)19-23-17-6-1-2-7-18(17)24-19/h1-12H,(H,22,25)(H,23,24). The molecule has 0 radical (unpaired) electrons. The summed E-state index contributed by atoms with van der Waals surface area (Å²) in [6.45, 7) is 0. The summed E-state index contributed by atoms with van der Waals surface area (Å²) in [4.78, 5) is 20.2. The Kier molecular flexibility index (Phi) is 4.07. The van der Waals surface area contributed by atoms with E-state index in [1.165, 1.54) is 0 Å². The van der Waals surface area contributed by atoms with Crippen LogP contribution in [0, 0.1) is 0 Å². The fourth-order valence-electron chi connectivity index (χ4n) is 2.63. The number of para-hydroxylation sites is 2. The largest absolute Gasteiger partial charge is 0.338 e. The van der Waals surface area contributed by atoms with Gasteiger partial charge in [0.25, 0.3) is 5.91 Å². The molecular formula is C20H14BrN3O. The van der Waals surface area contributed by atoms with E-state index in [1.54, 1.807) is 12.1 Å². The van der Waals surface area contributed by atoms with Crippen LogP contribution in [-0.4, -0.2) is 15.9 Å². The summed E-state index contributed by atoms with van der Waals surface area (Å²) in [5.74, 6) is 0.670. The van der Waals surface area contributed by atoms with Crippen molar-refractivity contribution in [3.05, 3.63) is 82.8 Å². The van der Waals surface area contributed by atoms with Crippen LogP contribution in [0.3, 0.4) is 0 Å². The highest BCUT2D eigenvalue weighted by atomic mass is 79.9. The molecule has 0 saturated carbocycles. The monoisotopic (exact) mass is 391 g/mol. The molecule has 4 aromatic rings. The molecular weight excluding hydrogens is 378 g/mol. The Morgan fingerprint density at radius 1 is 0.960 bits per heavy atom. The average molecular weight is 392 g/mol. The highest BCUT2D eigenvalue weighted by Crippen LogP contribution is 2.22. The van der Waals surface area contributed by atoms with E-state index in [2.05, 4.69) is 31.2 Å². The SMILES string of the molecule is O=C(Nc1ccc(-c2nc3ccccc3[nH]2)cc1)c1cccc(Br)c1. The maximum atomic E-state index is 12.3. The number of anilines is 1. The summed E-state index contributed by atoms with van der Waals surface area (Å²) >= 11 is 3.38. The second kappa shape index (κ2) is 6.53. The molecule has 3 aromatic carbocycles. The number of H-pyrrole nitrogens is 1. The van der Waals surface area contributed by atoms with Gasteiger partial charge in [0.2, 0.25) is 0 Å². The number of fused-ring (bicyclic) bond motifs is 1. The molecule has 2 N–H and O–H groups in total. The first-order chi connectivity index (χ1) is 12.2. The second-order valence-electron chi connectivity index (χ2n) is 5.64. The molecule has 4 rings (SSSR count). The smallest absolute Gasteiger partial charge is 0.255 e. The lowest BCUT2D eigenvalue weighted by atomic mass is 10.1. The summed E-state index contributed by atoms with van der Waals surface area (Å²) < 4.78 is 0.875. The van der Waals surface area contributed by atoms with Crippen LogP contribution in [-0.2, 0) is 0 Å². The van der Waals surface area contributed by atoms with Crippen molar-refractivity contribution in [2.24, 2.45) is 0 Å². The molecule has 0 aliphatic rings. The van der Waals surface area contributed by atoms with Gasteiger partial charge in [-0.1, -0.05) is 34.1 Å². The van der Waals surface area contributed by atoms with Crippen LogP contribution >= 0.6 is 15.9 Å². The van der Waals surface area contributed by atoms with Crippen LogP contribution in [0.25, 0.3) is 22.4 Å². The van der Waals surface area contributed by atoms with E-state index in [0.29, 0.717) is 5.56 Å². The number of halogens is 1. The lowest BCUT2D eigenvalue weighted by Crippen LogP contribution is -2.11. The molecule has 0 saturated heterocycles. The summed E-state index contributed by atoms with van der Waals surface area (Å²) in [7, 11) is 0. The van der Waals surface area contributed by atoms with Gasteiger partial charge in [-0.3, -0.25) is 4.79 Å². The summed E-state index contributed by atoms with van der Waals surface area (Å²) in [5, 5.41) is 2.90. The first kappa shape index (κ1) is 15.6. The minimum Gasteiger partial charge on any atom is -0.338 e. The molecule has 1 amide bonds. The lowest BCUT2D eigenvalue weighted by Gasteiger charge is -2.06. The molecule has 0 atom stereocenters. The van der Waals surface area contributed by atoms with Gasteiger partial charge in [0.15, 0.2) is 0 Å². The molecule has 0 aliphatic heterocycles. The van der Waals surface area contributed by atoms with Crippen molar-refractivity contribution in [2.75, 3.05) is 5.32 Å². The van der Waals surface area contributed by atoms with E-state index in [1.807, 2.05) is 60.7 Å². The van der Waals surface area contributed by atoms with Gasteiger partial charge < -0.3 is 10.3 Å². The molecule has 1 aromatic heterocycles. The third-order valence-corrected chi connectivity index (χ3v) is 4.39. The van der Waals surface area contributed by atoms with Crippen molar-refractivity contribution in [1.82, 2.24) is 9.97 Å². The van der Waals surface area contributed by atoms with Crippen LogP contribution < -0.4 is 5.32 Å². The molecule has 0 aliphatic carbocycles. The van der Waals surface area contributed by atoms with Crippen LogP contribution in [0.5, 0.6) is 0 Å². The predicted molar refractivity (Wildman–Crippen MR) is 104 cm³/mol. The molecule has 0 spiro atoms. The Morgan fingerprint density at radius 2 is 1.76 bits per heavy atom. The zero-order valence-corrected chi connectivity index (χ0v) is 14.7. The van der Waals surface area contributed by atoms with Crippen LogP contribution in [0.15, 0.2) is 77.3 Å². The normalized spacial score (nSPS) is 10.8. The number of aromatic amines is 1. The molecule has 4 nitrogen and oxygen atoms in total. The van der Waals surface area contributed by atoms with Gasteiger partial charge in [-0.2, -0.15) is 0 Å². The van der Waals surface area contributed by atoms with Crippen LogP contribution in [0.1, 0.15) is 10.4 Å². The number of carbonyl (C=O) groups excluding carboxylic acids is 1. The van der Waals surface area contributed by atoms with Crippen molar-refractivity contribution >= 4 is 38.6 Å². The fourth-order valence-corrected chi connectivity index (χ4v) is 3.03. The molecule has 122 valence electrons. The molecule has 0 bridgehead atoms. The summed E-state index contributed by atoms with van der Waals surface area (Å²) in [6, 6.07) is 22.8. The number of hydrogen-bond acceptors (Lipinski definition) is 2. The van der Waals surface area contributed by atoms with E-state index >= 15 is 0 Å². The number of carbonyl (C=O) groups is 1. The fraction of sp³-hybridized carbons (Fsp3) is 0. The lowest BCUT2D eigenvalue weighted by molar-refractivity contribution is 0.102. The Balaban J connectivity index is 1.54. The Bertz CT molecular complexity index is 1020. The maximum Gasteiger partial charge on any atom is 0.255 e. The van der Waals surface area contributed by atoms with Crippen molar-refractivity contribution in [3.63, 3.8) is 0 Å². The predicted octanol–water partition coefficient (Wildman–Crippen LogP) is 5.24. The molecule has 1 heterocycles. The van der Waals surface area contributed by atoms with Gasteiger partial charge >= 0.3 is 0 Å². The number of imidazole rings is 1. The first-order valence-electron chi connectivity index (χ1n) is 7.81. The number of hydrogen-bond donors (Lipinski definition) is 2. The Hall–Kier alpha value is -2.92. The zero-order chi connectivity index (χ0) is 17.2. The van der Waals surface area contributed by atoms with Gasteiger partial charge in [0, 0.05) is 21.3 Å². The van der Waals surface area contributed by atoms with Crippen molar-refractivity contribution in [2.45, 2.75) is 0 Å². The minimum absolute atomic E-state index is 0.141. The highest BCUT2D eigenvalue weighted by molar-refractivity contribution is 9.10. The molecule has 0 unspecified atom stereocenters. The van der Waals surface area contributed by atoms with Gasteiger partial charge in [-0.15, -0.1) is 0 Å². The number of amides is 1. The number of benzene rings is 3. The Labute approximate surface area is 153 Å². The molecule has 0 fully saturated rings. The second-order valence-corrected chi connectivity index (χ2v) is 6.56. The van der Waals surface area contributed by atoms with Crippen molar-refractivity contribution in [3.8, 4) is 11.4 Å². The number of aromatic nitrogens is 2. The van der Waals surface area contributed by atoms with E-state index < -0.39 is 0 Å². The highest BCUT2D eigenvalue weighted by Gasteiger charge is 2.08. The van der Waals surface area contributed by atoms with Crippen molar-refractivity contribution in [1.29, 1.82) is 0 Å². The van der Waals surface area contributed by atoms with Crippen molar-refractivity contribution < 1.29 is 4.79 Å². The average Bonchev–Trinajstić information content (AvgIpc) is 3.06. The zero-order valence-electron chi connectivity index (χ0n) is 13.2. The summed E-state index contributed by atoms with van der Waals surface area (Å²) in [6.07, 6.45) is 0. The number of rotatable bonds is 3. The molecule has 5 heteroatoms. The number of nitrogens with one attached hydrogen (secondary N) is 2. The van der Waals surface area contributed by atoms with E-state index in [9.17, 15) is 4.79 Å². The van der Waals surface area contributed by atoms with Gasteiger partial charge in [-0.25, -0.2) is 4.98 Å². The minimum atomic E-state index is -0.141. The van der Waals surface area contributed by atoms with Gasteiger partial charge in [0.1, 0.15) is 5.82 Å². The topological polar surface area (TPSA) is 57.8 Å². The quantitative estimate of drug-likeness (QED) is 0.501. The summed E-state index contributed by atoms with van der Waals surface area (Å²) in [5.41, 5.74) is 4.26. The van der Waals surface area contributed by atoms with E-state index in [-0.39, 0.29) is 5.91 Å². The third-order valence-electron chi connectivity index (χ3n) is 3.89. The Morgan fingerprint density at radius 3 is 2.52 bits per heavy atom. The van der Waals surface area contributed by atoms with Crippen LogP contribution in [0.2, 0.25) is 0 Å². The van der Waals surface area contributed by atoms with Crippen LogP contribution in [0.4, 0.5) is 5.69 Å². The maximum absolute atomic E-state index is 12.3. The molecule has 25 heavy (non-hydrogen) atoms.